The molecular weight excluding hydrogens is 307 g/mol. The Morgan fingerprint density at radius 2 is 1.96 bits per heavy atom. The predicted molar refractivity (Wildman–Crippen MR) is 87.2 cm³/mol. The van der Waals surface area contributed by atoms with Crippen LogP contribution < -0.4 is 4.74 Å². The summed E-state index contributed by atoms with van der Waals surface area (Å²) in [5.41, 5.74) is 0.763. The first kappa shape index (κ1) is 15.1. The molecule has 0 spiro atoms. The molecule has 1 saturated heterocycles. The van der Waals surface area contributed by atoms with Gasteiger partial charge in [-0.05, 0) is 24.5 Å². The third-order valence-electron chi connectivity index (χ3n) is 4.89. The highest BCUT2D eigenvalue weighted by molar-refractivity contribution is 5.91. The molecule has 2 fully saturated rings. The van der Waals surface area contributed by atoms with Crippen LogP contribution in [0.25, 0.3) is 0 Å². The predicted octanol–water partition coefficient (Wildman–Crippen LogP) is 2.93. The Kier molecular flexibility index (Phi) is 3.71. The van der Waals surface area contributed by atoms with Gasteiger partial charge in [-0.1, -0.05) is 36.4 Å². The lowest BCUT2D eigenvalue weighted by atomic mass is 9.94. The Balaban J connectivity index is 1.43. The van der Waals surface area contributed by atoms with E-state index in [-0.39, 0.29) is 23.3 Å². The topological polar surface area (TPSA) is 42.4 Å². The first-order valence-electron chi connectivity index (χ1n) is 8.31. The molecule has 2 aromatic rings. The fourth-order valence-electron chi connectivity index (χ4n) is 3.45. The Bertz CT molecular complexity index is 746. The van der Waals surface area contributed by atoms with Crippen LogP contribution in [0, 0.1) is 5.95 Å². The number of pyridine rings is 1. The first-order chi connectivity index (χ1) is 11.7. The lowest BCUT2D eigenvalue weighted by Crippen LogP contribution is -2.38. The summed E-state index contributed by atoms with van der Waals surface area (Å²) in [6, 6.07) is 14.5. The number of hydrogen-bond donors (Lipinski definition) is 0. The second-order valence-electron chi connectivity index (χ2n) is 6.53. The van der Waals surface area contributed by atoms with Gasteiger partial charge in [0.2, 0.25) is 17.7 Å². The number of rotatable bonds is 4. The van der Waals surface area contributed by atoms with Gasteiger partial charge in [-0.25, -0.2) is 0 Å². The summed E-state index contributed by atoms with van der Waals surface area (Å²) in [5.74, 6) is -0.0927. The fraction of sp³-hybridized carbons (Fsp3) is 0.368. The van der Waals surface area contributed by atoms with Crippen molar-refractivity contribution in [2.45, 2.75) is 30.8 Å². The number of nitrogens with zero attached hydrogens (tertiary/aromatic N) is 2. The monoisotopic (exact) mass is 326 g/mol. The maximum Gasteiger partial charge on any atom is 0.233 e. The number of halogens is 1. The molecule has 1 aromatic carbocycles. The number of ether oxygens (including phenoxy) is 1. The van der Waals surface area contributed by atoms with Gasteiger partial charge in [0.15, 0.2) is 0 Å². The van der Waals surface area contributed by atoms with E-state index in [4.69, 9.17) is 4.74 Å². The smallest absolute Gasteiger partial charge is 0.233 e. The molecule has 0 N–H and O–H groups in total. The highest BCUT2D eigenvalue weighted by Gasteiger charge is 2.53. The zero-order valence-corrected chi connectivity index (χ0v) is 13.3. The van der Waals surface area contributed by atoms with Gasteiger partial charge in [-0.3, -0.25) is 4.79 Å². The van der Waals surface area contributed by atoms with E-state index in [9.17, 15) is 9.18 Å². The average Bonchev–Trinajstić information content (AvgIpc) is 3.29. The van der Waals surface area contributed by atoms with Crippen molar-refractivity contribution >= 4 is 5.91 Å². The second kappa shape index (κ2) is 5.89. The molecule has 1 atom stereocenters. The van der Waals surface area contributed by atoms with Gasteiger partial charge in [-0.2, -0.15) is 9.37 Å². The molecule has 1 aliphatic carbocycles. The molecule has 0 radical (unpaired) electrons. The van der Waals surface area contributed by atoms with Gasteiger partial charge >= 0.3 is 0 Å². The van der Waals surface area contributed by atoms with Gasteiger partial charge < -0.3 is 9.64 Å². The standard InChI is InChI=1S/C19H19FN2O2/c20-16-7-4-8-17(21-16)24-15-9-12-22(13-15)18(23)19(10-11-19)14-5-2-1-3-6-14/h1-8,15H,9-13H2. The number of carbonyl (C=O) groups excluding carboxylic acids is 1. The van der Waals surface area contributed by atoms with Crippen LogP contribution in [0.4, 0.5) is 4.39 Å². The number of amides is 1. The van der Waals surface area contributed by atoms with Crippen molar-refractivity contribution in [1.29, 1.82) is 0 Å². The molecule has 2 aliphatic rings. The molecule has 4 nitrogen and oxygen atoms in total. The third kappa shape index (κ3) is 2.75. The number of benzene rings is 1. The van der Waals surface area contributed by atoms with Crippen molar-refractivity contribution in [3.63, 3.8) is 0 Å². The van der Waals surface area contributed by atoms with Gasteiger partial charge in [-0.15, -0.1) is 0 Å². The summed E-state index contributed by atoms with van der Waals surface area (Å²) in [5, 5.41) is 0. The maximum absolute atomic E-state index is 13.1. The zero-order chi connectivity index (χ0) is 16.6. The fourth-order valence-corrected chi connectivity index (χ4v) is 3.45. The lowest BCUT2D eigenvalue weighted by Gasteiger charge is -2.23. The quantitative estimate of drug-likeness (QED) is 0.811. The zero-order valence-electron chi connectivity index (χ0n) is 13.3. The van der Waals surface area contributed by atoms with Crippen LogP contribution in [0.1, 0.15) is 24.8 Å². The van der Waals surface area contributed by atoms with Crippen molar-refractivity contribution in [3.05, 3.63) is 60.0 Å². The van der Waals surface area contributed by atoms with Crippen LogP contribution in [0.3, 0.4) is 0 Å². The number of carbonyl (C=O) groups is 1. The first-order valence-corrected chi connectivity index (χ1v) is 8.31. The minimum absolute atomic E-state index is 0.130. The van der Waals surface area contributed by atoms with E-state index >= 15 is 0 Å². The van der Waals surface area contributed by atoms with Crippen LogP contribution in [0.5, 0.6) is 5.88 Å². The summed E-state index contributed by atoms with van der Waals surface area (Å²) in [7, 11) is 0. The molecule has 0 bridgehead atoms. The van der Waals surface area contributed by atoms with Crippen molar-refractivity contribution in [3.8, 4) is 5.88 Å². The second-order valence-corrected chi connectivity index (χ2v) is 6.53. The van der Waals surface area contributed by atoms with Crippen molar-refractivity contribution in [1.82, 2.24) is 9.88 Å². The molecule has 1 saturated carbocycles. The van der Waals surface area contributed by atoms with E-state index in [1.807, 2.05) is 35.2 Å². The molecule has 1 amide bonds. The number of aromatic nitrogens is 1. The van der Waals surface area contributed by atoms with E-state index in [2.05, 4.69) is 4.98 Å². The van der Waals surface area contributed by atoms with Crippen LogP contribution in [0.2, 0.25) is 0 Å². The summed E-state index contributed by atoms with van der Waals surface area (Å²) < 4.78 is 18.9. The Hall–Kier alpha value is -2.43. The van der Waals surface area contributed by atoms with E-state index in [0.29, 0.717) is 13.1 Å². The molecule has 24 heavy (non-hydrogen) atoms. The van der Waals surface area contributed by atoms with E-state index in [0.717, 1.165) is 24.8 Å². The van der Waals surface area contributed by atoms with Crippen LogP contribution in [-0.2, 0) is 10.2 Å². The SMILES string of the molecule is O=C(N1CCC(Oc2cccc(F)n2)C1)C1(c2ccccc2)CC1. The van der Waals surface area contributed by atoms with Gasteiger partial charge in [0.25, 0.3) is 0 Å². The minimum Gasteiger partial charge on any atom is -0.472 e. The molecule has 4 rings (SSSR count). The van der Waals surface area contributed by atoms with Crippen molar-refractivity contribution in [2.75, 3.05) is 13.1 Å². The summed E-state index contributed by atoms with van der Waals surface area (Å²) in [6.07, 6.45) is 2.43. The molecule has 124 valence electrons. The Morgan fingerprint density at radius 3 is 2.67 bits per heavy atom. The van der Waals surface area contributed by atoms with Gasteiger partial charge in [0.05, 0.1) is 12.0 Å². The third-order valence-corrected chi connectivity index (χ3v) is 4.89. The van der Waals surface area contributed by atoms with E-state index < -0.39 is 5.95 Å². The molecular formula is C19H19FN2O2. The van der Waals surface area contributed by atoms with Gasteiger partial charge in [0.1, 0.15) is 6.10 Å². The minimum atomic E-state index is -0.556. The maximum atomic E-state index is 13.1. The normalized spacial score (nSPS) is 21.5. The highest BCUT2D eigenvalue weighted by atomic mass is 19.1. The lowest BCUT2D eigenvalue weighted by molar-refractivity contribution is -0.133. The summed E-state index contributed by atoms with van der Waals surface area (Å²) in [4.78, 5) is 18.6. The Labute approximate surface area is 140 Å². The van der Waals surface area contributed by atoms with Crippen molar-refractivity contribution in [2.24, 2.45) is 0 Å². The van der Waals surface area contributed by atoms with Crippen molar-refractivity contribution < 1.29 is 13.9 Å². The van der Waals surface area contributed by atoms with E-state index in [1.54, 1.807) is 12.1 Å². The van der Waals surface area contributed by atoms with Crippen LogP contribution in [-0.4, -0.2) is 35.0 Å². The van der Waals surface area contributed by atoms with Crippen LogP contribution in [0.15, 0.2) is 48.5 Å². The van der Waals surface area contributed by atoms with Gasteiger partial charge in [0, 0.05) is 19.0 Å². The highest BCUT2D eigenvalue weighted by Crippen LogP contribution is 2.49. The Morgan fingerprint density at radius 1 is 1.17 bits per heavy atom. The molecule has 1 unspecified atom stereocenters. The molecule has 1 aliphatic heterocycles. The average molecular weight is 326 g/mol. The molecule has 2 heterocycles. The number of likely N-dealkylation sites (tertiary alicyclic amines) is 1. The number of hydrogen-bond acceptors (Lipinski definition) is 3. The summed E-state index contributed by atoms with van der Waals surface area (Å²) >= 11 is 0. The molecule has 1 aromatic heterocycles. The summed E-state index contributed by atoms with van der Waals surface area (Å²) in [6.45, 7) is 1.21. The van der Waals surface area contributed by atoms with Crippen LogP contribution >= 0.6 is 0 Å². The van der Waals surface area contributed by atoms with E-state index in [1.165, 1.54) is 6.07 Å². The largest absolute Gasteiger partial charge is 0.472 e. The molecule has 5 heteroatoms.